The normalized spacial score (nSPS) is 13.7. The molecule has 0 unspecified atom stereocenters. The Hall–Kier alpha value is -3.06. The summed E-state index contributed by atoms with van der Waals surface area (Å²) in [5.74, 6) is -0.129. The number of hydrogen-bond acceptors (Lipinski definition) is 3. The number of rotatable bonds is 3. The molecule has 4 heteroatoms. The number of phenolic OH excluding ortho intramolecular Hbond substituents is 1. The summed E-state index contributed by atoms with van der Waals surface area (Å²) in [6.45, 7) is 0. The SMILES string of the molecule is N#C/C(=C/c1ccc(O)c2c1CCCC2)C(=O)Nc1ccccc1. The van der Waals surface area contributed by atoms with Crippen LogP contribution in [0, 0.1) is 11.3 Å². The van der Waals surface area contributed by atoms with Crippen molar-refractivity contribution in [3.63, 3.8) is 0 Å². The van der Waals surface area contributed by atoms with Gasteiger partial charge in [-0.1, -0.05) is 24.3 Å². The van der Waals surface area contributed by atoms with Crippen molar-refractivity contribution in [3.05, 3.63) is 64.7 Å². The number of phenols is 1. The number of amides is 1. The van der Waals surface area contributed by atoms with Crippen LogP contribution in [0.3, 0.4) is 0 Å². The number of para-hydroxylation sites is 1. The van der Waals surface area contributed by atoms with Crippen molar-refractivity contribution in [1.82, 2.24) is 0 Å². The minimum Gasteiger partial charge on any atom is -0.508 e. The molecule has 2 N–H and O–H groups in total. The second kappa shape index (κ2) is 7.01. The van der Waals surface area contributed by atoms with Crippen LogP contribution in [-0.2, 0) is 17.6 Å². The van der Waals surface area contributed by atoms with Crippen LogP contribution in [0.2, 0.25) is 0 Å². The van der Waals surface area contributed by atoms with Crippen molar-refractivity contribution in [2.45, 2.75) is 25.7 Å². The largest absolute Gasteiger partial charge is 0.508 e. The van der Waals surface area contributed by atoms with E-state index in [0.29, 0.717) is 11.4 Å². The summed E-state index contributed by atoms with van der Waals surface area (Å²) in [5, 5.41) is 22.1. The molecule has 0 spiro atoms. The lowest BCUT2D eigenvalue weighted by Crippen LogP contribution is -2.13. The van der Waals surface area contributed by atoms with Gasteiger partial charge >= 0.3 is 0 Å². The Morgan fingerprint density at radius 3 is 2.50 bits per heavy atom. The van der Waals surface area contributed by atoms with E-state index in [1.807, 2.05) is 24.3 Å². The highest BCUT2D eigenvalue weighted by molar-refractivity contribution is 6.09. The molecule has 2 aromatic rings. The van der Waals surface area contributed by atoms with Crippen molar-refractivity contribution in [1.29, 1.82) is 5.26 Å². The van der Waals surface area contributed by atoms with Crippen LogP contribution in [0.15, 0.2) is 48.0 Å². The first-order valence-corrected chi connectivity index (χ1v) is 8.01. The van der Waals surface area contributed by atoms with Gasteiger partial charge in [0.25, 0.3) is 5.91 Å². The van der Waals surface area contributed by atoms with Gasteiger partial charge in [-0.3, -0.25) is 4.79 Å². The number of fused-ring (bicyclic) bond motifs is 1. The van der Waals surface area contributed by atoms with E-state index in [2.05, 4.69) is 5.32 Å². The zero-order valence-corrected chi connectivity index (χ0v) is 13.2. The average Bonchev–Trinajstić information content (AvgIpc) is 2.62. The first kappa shape index (κ1) is 15.8. The summed E-state index contributed by atoms with van der Waals surface area (Å²) in [6, 6.07) is 14.4. The van der Waals surface area contributed by atoms with Crippen LogP contribution in [0.1, 0.15) is 29.5 Å². The minimum absolute atomic E-state index is 0.0531. The Morgan fingerprint density at radius 2 is 1.79 bits per heavy atom. The molecule has 0 fully saturated rings. The number of nitriles is 1. The smallest absolute Gasteiger partial charge is 0.266 e. The first-order chi connectivity index (χ1) is 11.7. The standard InChI is InChI=1S/C20H18N2O2/c21-13-15(20(24)22-16-6-2-1-3-7-16)12-14-10-11-19(23)18-9-5-4-8-17(14)18/h1-3,6-7,10-12,23H,4-5,8-9H2,(H,22,24)/b15-12-. The third kappa shape index (κ3) is 3.31. The Balaban J connectivity index is 1.91. The summed E-state index contributed by atoms with van der Waals surface area (Å²) in [6.07, 6.45) is 5.40. The van der Waals surface area contributed by atoms with Gasteiger partial charge in [-0.25, -0.2) is 0 Å². The number of carbonyl (C=O) groups excluding carboxylic acids is 1. The van der Waals surface area contributed by atoms with Gasteiger partial charge in [-0.15, -0.1) is 0 Å². The van der Waals surface area contributed by atoms with Crippen LogP contribution in [0.25, 0.3) is 6.08 Å². The molecule has 0 aromatic heterocycles. The number of hydrogen-bond donors (Lipinski definition) is 2. The van der Waals surface area contributed by atoms with Crippen molar-refractivity contribution in [2.24, 2.45) is 0 Å². The zero-order valence-electron chi connectivity index (χ0n) is 13.2. The van der Waals surface area contributed by atoms with Gasteiger partial charge in [0, 0.05) is 5.69 Å². The molecule has 1 aliphatic carbocycles. The number of anilines is 1. The molecular formula is C20H18N2O2. The Morgan fingerprint density at radius 1 is 1.08 bits per heavy atom. The zero-order chi connectivity index (χ0) is 16.9. The van der Waals surface area contributed by atoms with Gasteiger partial charge in [0.1, 0.15) is 17.4 Å². The monoisotopic (exact) mass is 318 g/mol. The van der Waals surface area contributed by atoms with Crippen LogP contribution >= 0.6 is 0 Å². The highest BCUT2D eigenvalue weighted by Gasteiger charge is 2.17. The second-order valence-corrected chi connectivity index (χ2v) is 5.83. The van der Waals surface area contributed by atoms with E-state index in [-0.39, 0.29) is 5.57 Å². The maximum Gasteiger partial charge on any atom is 0.266 e. The van der Waals surface area contributed by atoms with Gasteiger partial charge < -0.3 is 10.4 Å². The molecule has 0 atom stereocenters. The number of carbonyl (C=O) groups is 1. The highest BCUT2D eigenvalue weighted by Crippen LogP contribution is 2.32. The first-order valence-electron chi connectivity index (χ1n) is 8.01. The van der Waals surface area contributed by atoms with Gasteiger partial charge in [0.2, 0.25) is 0 Å². The van der Waals surface area contributed by atoms with Crippen molar-refractivity contribution in [3.8, 4) is 11.8 Å². The summed E-state index contributed by atoms with van der Waals surface area (Å²) >= 11 is 0. The molecule has 1 amide bonds. The molecule has 0 saturated heterocycles. The second-order valence-electron chi connectivity index (χ2n) is 5.83. The predicted octanol–water partition coefficient (Wildman–Crippen LogP) is 3.82. The Bertz CT molecular complexity index is 833. The van der Waals surface area contributed by atoms with E-state index in [1.165, 1.54) is 0 Å². The summed E-state index contributed by atoms with van der Waals surface area (Å²) in [5.41, 5.74) is 3.52. The Kier molecular flexibility index (Phi) is 4.62. The number of nitrogens with zero attached hydrogens (tertiary/aromatic N) is 1. The van der Waals surface area contributed by atoms with Crippen LogP contribution in [-0.4, -0.2) is 11.0 Å². The quantitative estimate of drug-likeness (QED) is 0.667. The van der Waals surface area contributed by atoms with Crippen molar-refractivity contribution >= 4 is 17.7 Å². The highest BCUT2D eigenvalue weighted by atomic mass is 16.3. The van der Waals surface area contributed by atoms with Gasteiger partial charge in [-0.2, -0.15) is 5.26 Å². The fourth-order valence-electron chi connectivity index (χ4n) is 3.04. The lowest BCUT2D eigenvalue weighted by atomic mass is 9.87. The van der Waals surface area contributed by atoms with Crippen molar-refractivity contribution < 1.29 is 9.90 Å². The van der Waals surface area contributed by atoms with E-state index < -0.39 is 5.91 Å². The molecule has 0 aliphatic heterocycles. The lowest BCUT2D eigenvalue weighted by Gasteiger charge is -2.19. The number of aromatic hydroxyl groups is 1. The fraction of sp³-hybridized carbons (Fsp3) is 0.200. The Labute approximate surface area is 141 Å². The lowest BCUT2D eigenvalue weighted by molar-refractivity contribution is -0.112. The van der Waals surface area contributed by atoms with Crippen LogP contribution < -0.4 is 5.32 Å². The average molecular weight is 318 g/mol. The van der Waals surface area contributed by atoms with Crippen LogP contribution in [0.4, 0.5) is 5.69 Å². The van der Waals surface area contributed by atoms with Gasteiger partial charge in [0.15, 0.2) is 0 Å². The molecular weight excluding hydrogens is 300 g/mol. The molecule has 3 rings (SSSR count). The maximum absolute atomic E-state index is 12.3. The minimum atomic E-state index is -0.429. The molecule has 4 nitrogen and oxygen atoms in total. The van der Waals surface area contributed by atoms with E-state index in [0.717, 1.165) is 42.4 Å². The molecule has 120 valence electrons. The van der Waals surface area contributed by atoms with Gasteiger partial charge in [0.05, 0.1) is 0 Å². The number of nitrogens with one attached hydrogen (secondary N) is 1. The molecule has 1 aliphatic rings. The summed E-state index contributed by atoms with van der Waals surface area (Å²) in [7, 11) is 0. The third-order valence-corrected chi connectivity index (χ3v) is 4.24. The molecule has 0 heterocycles. The number of benzene rings is 2. The summed E-state index contributed by atoms with van der Waals surface area (Å²) in [4.78, 5) is 12.3. The van der Waals surface area contributed by atoms with Gasteiger partial charge in [-0.05, 0) is 66.6 Å². The topological polar surface area (TPSA) is 73.1 Å². The van der Waals surface area contributed by atoms with Crippen LogP contribution in [0.5, 0.6) is 5.75 Å². The van der Waals surface area contributed by atoms with E-state index in [4.69, 9.17) is 0 Å². The van der Waals surface area contributed by atoms with E-state index in [1.54, 1.807) is 30.3 Å². The molecule has 0 bridgehead atoms. The van der Waals surface area contributed by atoms with E-state index >= 15 is 0 Å². The third-order valence-electron chi connectivity index (χ3n) is 4.24. The maximum atomic E-state index is 12.3. The molecule has 0 radical (unpaired) electrons. The molecule has 2 aromatic carbocycles. The van der Waals surface area contributed by atoms with E-state index in [9.17, 15) is 15.2 Å². The fourth-order valence-corrected chi connectivity index (χ4v) is 3.04. The molecule has 0 saturated carbocycles. The van der Waals surface area contributed by atoms with Crippen molar-refractivity contribution in [2.75, 3.05) is 5.32 Å². The predicted molar refractivity (Wildman–Crippen MR) is 93.4 cm³/mol. The molecule has 24 heavy (non-hydrogen) atoms. The summed E-state index contributed by atoms with van der Waals surface area (Å²) < 4.78 is 0.